The van der Waals surface area contributed by atoms with Gasteiger partial charge >= 0.3 is 5.63 Å². The normalized spacial score (nSPS) is 17.1. The van der Waals surface area contributed by atoms with E-state index in [1.165, 1.54) is 25.3 Å². The van der Waals surface area contributed by atoms with Crippen molar-refractivity contribution < 1.29 is 4.42 Å². The van der Waals surface area contributed by atoms with E-state index >= 15 is 0 Å². The summed E-state index contributed by atoms with van der Waals surface area (Å²) in [6.07, 6.45) is 6.13. The van der Waals surface area contributed by atoms with E-state index in [0.717, 1.165) is 35.1 Å². The molecule has 3 rings (SSSR count). The molecule has 1 heterocycles. The van der Waals surface area contributed by atoms with Crippen molar-refractivity contribution in [3.63, 3.8) is 0 Å². The van der Waals surface area contributed by atoms with E-state index in [4.69, 9.17) is 10.2 Å². The number of fused-ring (bicyclic) bond motifs is 1. The molecule has 2 N–H and O–H groups in total. The molecule has 18 heavy (non-hydrogen) atoms. The Hall–Kier alpha value is -1.77. The van der Waals surface area contributed by atoms with Crippen LogP contribution in [0, 0.1) is 0 Å². The maximum atomic E-state index is 11.4. The highest BCUT2D eigenvalue weighted by atomic mass is 16.4. The second-order valence-corrected chi connectivity index (χ2v) is 5.12. The summed E-state index contributed by atoms with van der Waals surface area (Å²) >= 11 is 0. The minimum atomic E-state index is -0.288. The molecule has 1 aliphatic carbocycles. The minimum Gasteiger partial charge on any atom is -0.422 e. The molecule has 1 saturated carbocycles. The number of hydrogen-bond donors (Lipinski definition) is 1. The van der Waals surface area contributed by atoms with Gasteiger partial charge in [-0.1, -0.05) is 19.3 Å². The Morgan fingerprint density at radius 2 is 1.89 bits per heavy atom. The van der Waals surface area contributed by atoms with Crippen LogP contribution in [0.25, 0.3) is 11.0 Å². The average Bonchev–Trinajstić information content (AvgIpc) is 2.39. The van der Waals surface area contributed by atoms with Crippen LogP contribution in [0.3, 0.4) is 0 Å². The molecule has 0 radical (unpaired) electrons. The highest BCUT2D eigenvalue weighted by Crippen LogP contribution is 2.37. The van der Waals surface area contributed by atoms with Crippen molar-refractivity contribution in [2.45, 2.75) is 38.0 Å². The zero-order valence-electron chi connectivity index (χ0n) is 10.3. The Morgan fingerprint density at radius 1 is 1.11 bits per heavy atom. The molecule has 3 heteroatoms. The van der Waals surface area contributed by atoms with Crippen LogP contribution in [-0.4, -0.2) is 0 Å². The number of hydrogen-bond acceptors (Lipinski definition) is 3. The molecule has 1 fully saturated rings. The standard InChI is InChI=1S/C15H17NO2/c16-12-8-11-6-7-14(17)18-15(11)13(9-12)10-4-2-1-3-5-10/h6-10H,1-5,16H2. The van der Waals surface area contributed by atoms with Crippen LogP contribution in [0.5, 0.6) is 0 Å². The molecular formula is C15H17NO2. The third-order valence-corrected chi connectivity index (χ3v) is 3.82. The minimum absolute atomic E-state index is 0.288. The lowest BCUT2D eigenvalue weighted by Crippen LogP contribution is -2.07. The van der Waals surface area contributed by atoms with E-state index in [0.29, 0.717) is 5.92 Å². The van der Waals surface area contributed by atoms with Gasteiger partial charge in [0.2, 0.25) is 0 Å². The number of benzene rings is 1. The third-order valence-electron chi connectivity index (χ3n) is 3.82. The molecule has 0 amide bonds. The van der Waals surface area contributed by atoms with E-state index in [-0.39, 0.29) is 5.63 Å². The number of nitrogen functional groups attached to an aromatic ring is 1. The molecule has 94 valence electrons. The third kappa shape index (κ3) is 2.01. The topological polar surface area (TPSA) is 56.2 Å². The van der Waals surface area contributed by atoms with E-state index in [9.17, 15) is 4.79 Å². The summed E-state index contributed by atoms with van der Waals surface area (Å²) in [4.78, 5) is 11.4. The maximum Gasteiger partial charge on any atom is 0.336 e. The molecule has 2 aromatic rings. The monoisotopic (exact) mass is 243 g/mol. The number of nitrogens with two attached hydrogens (primary N) is 1. The van der Waals surface area contributed by atoms with Gasteiger partial charge in [0.05, 0.1) is 0 Å². The van der Waals surface area contributed by atoms with Gasteiger partial charge in [-0.15, -0.1) is 0 Å². The van der Waals surface area contributed by atoms with Crippen molar-refractivity contribution in [2.24, 2.45) is 0 Å². The summed E-state index contributed by atoms with van der Waals surface area (Å²) in [6, 6.07) is 7.09. The second kappa shape index (κ2) is 4.48. The summed E-state index contributed by atoms with van der Waals surface area (Å²) in [6.45, 7) is 0. The Morgan fingerprint density at radius 3 is 2.67 bits per heavy atom. The molecule has 1 aromatic heterocycles. The van der Waals surface area contributed by atoms with Gasteiger partial charge in [-0.3, -0.25) is 0 Å². The molecule has 0 unspecified atom stereocenters. The van der Waals surface area contributed by atoms with Crippen molar-refractivity contribution in [1.82, 2.24) is 0 Å². The smallest absolute Gasteiger partial charge is 0.336 e. The first-order chi connectivity index (χ1) is 8.74. The zero-order chi connectivity index (χ0) is 12.5. The van der Waals surface area contributed by atoms with Gasteiger partial charge in [0.15, 0.2) is 0 Å². The molecule has 0 spiro atoms. The molecule has 3 nitrogen and oxygen atoms in total. The summed E-state index contributed by atoms with van der Waals surface area (Å²) < 4.78 is 5.39. The van der Waals surface area contributed by atoms with Crippen LogP contribution in [0.15, 0.2) is 33.5 Å². The van der Waals surface area contributed by atoms with Crippen LogP contribution in [-0.2, 0) is 0 Å². The SMILES string of the molecule is Nc1cc(C2CCCCC2)c2oc(=O)ccc2c1. The van der Waals surface area contributed by atoms with Crippen molar-refractivity contribution in [2.75, 3.05) is 5.73 Å². The number of anilines is 1. The lowest BCUT2D eigenvalue weighted by atomic mass is 9.83. The molecule has 0 saturated heterocycles. The van der Waals surface area contributed by atoms with Gasteiger partial charge in [0.1, 0.15) is 5.58 Å². The van der Waals surface area contributed by atoms with E-state index < -0.39 is 0 Å². The Kier molecular flexibility index (Phi) is 2.82. The second-order valence-electron chi connectivity index (χ2n) is 5.12. The predicted molar refractivity (Wildman–Crippen MR) is 72.7 cm³/mol. The van der Waals surface area contributed by atoms with Crippen molar-refractivity contribution in [3.8, 4) is 0 Å². The van der Waals surface area contributed by atoms with E-state index in [1.807, 2.05) is 12.1 Å². The van der Waals surface area contributed by atoms with Gasteiger partial charge in [0.25, 0.3) is 0 Å². The fourth-order valence-electron chi connectivity index (χ4n) is 2.95. The van der Waals surface area contributed by atoms with Crippen LogP contribution in [0.1, 0.15) is 43.6 Å². The largest absolute Gasteiger partial charge is 0.422 e. The van der Waals surface area contributed by atoms with E-state index in [1.54, 1.807) is 6.07 Å². The van der Waals surface area contributed by atoms with Crippen LogP contribution < -0.4 is 11.4 Å². The Bertz CT molecular complexity index is 624. The van der Waals surface area contributed by atoms with Crippen molar-refractivity contribution >= 4 is 16.7 Å². The first-order valence-corrected chi connectivity index (χ1v) is 6.57. The lowest BCUT2D eigenvalue weighted by Gasteiger charge is -2.22. The Labute approximate surface area is 106 Å². The van der Waals surface area contributed by atoms with Gasteiger partial charge in [-0.2, -0.15) is 0 Å². The molecule has 1 aromatic carbocycles. The number of rotatable bonds is 1. The molecule has 0 aliphatic heterocycles. The molecule has 0 bridgehead atoms. The first-order valence-electron chi connectivity index (χ1n) is 6.57. The summed E-state index contributed by atoms with van der Waals surface area (Å²) in [7, 11) is 0. The van der Waals surface area contributed by atoms with Crippen molar-refractivity contribution in [3.05, 3.63) is 40.2 Å². The van der Waals surface area contributed by atoms with E-state index in [2.05, 4.69) is 0 Å². The summed E-state index contributed by atoms with van der Waals surface area (Å²) in [5, 5.41) is 0.926. The van der Waals surface area contributed by atoms with Crippen molar-refractivity contribution in [1.29, 1.82) is 0 Å². The first kappa shape index (κ1) is 11.3. The molecule has 0 atom stereocenters. The molecule has 1 aliphatic rings. The average molecular weight is 243 g/mol. The summed E-state index contributed by atoms with van der Waals surface area (Å²) in [5.74, 6) is 0.482. The maximum absolute atomic E-state index is 11.4. The van der Waals surface area contributed by atoms with Crippen LogP contribution in [0.2, 0.25) is 0 Å². The van der Waals surface area contributed by atoms with Crippen LogP contribution >= 0.6 is 0 Å². The van der Waals surface area contributed by atoms with Gasteiger partial charge in [-0.05, 0) is 37.0 Å². The lowest BCUT2D eigenvalue weighted by molar-refractivity contribution is 0.439. The fraction of sp³-hybridized carbons (Fsp3) is 0.400. The molecular weight excluding hydrogens is 226 g/mol. The van der Waals surface area contributed by atoms with Gasteiger partial charge < -0.3 is 10.2 Å². The fourth-order valence-corrected chi connectivity index (χ4v) is 2.95. The Balaban J connectivity index is 2.19. The predicted octanol–water partition coefficient (Wildman–Crippen LogP) is 3.42. The highest BCUT2D eigenvalue weighted by Gasteiger charge is 2.19. The van der Waals surface area contributed by atoms with Crippen LogP contribution in [0.4, 0.5) is 5.69 Å². The quantitative estimate of drug-likeness (QED) is 0.616. The van der Waals surface area contributed by atoms with Gasteiger partial charge in [-0.25, -0.2) is 4.79 Å². The summed E-state index contributed by atoms with van der Waals surface area (Å²) in [5.41, 5.74) is 8.25. The van der Waals surface area contributed by atoms with Gasteiger partial charge in [0, 0.05) is 22.7 Å². The highest BCUT2D eigenvalue weighted by molar-refractivity contribution is 5.83. The zero-order valence-corrected chi connectivity index (χ0v) is 10.3.